The van der Waals surface area contributed by atoms with Crippen LogP contribution in [0.4, 0.5) is 18.9 Å². The molecule has 4 nitrogen and oxygen atoms in total. The molecule has 0 saturated heterocycles. The van der Waals surface area contributed by atoms with E-state index >= 15 is 0 Å². The Morgan fingerprint density at radius 2 is 2.00 bits per heavy atom. The minimum Gasteiger partial charge on any atom is -0.503 e. The van der Waals surface area contributed by atoms with Gasteiger partial charge in [0.1, 0.15) is 0 Å². The third kappa shape index (κ3) is 4.20. The smallest absolute Gasteiger partial charge is 0.416 e. The number of benzene rings is 1. The highest BCUT2D eigenvalue weighted by atomic mass is 19.4. The normalized spacial score (nSPS) is 11.2. The number of pyridine rings is 1. The highest BCUT2D eigenvalue weighted by molar-refractivity contribution is 5.89. The van der Waals surface area contributed by atoms with Crippen LogP contribution >= 0.6 is 0 Å². The van der Waals surface area contributed by atoms with Crippen LogP contribution in [0, 0.1) is 0 Å². The van der Waals surface area contributed by atoms with E-state index in [1.54, 1.807) is 12.3 Å². The summed E-state index contributed by atoms with van der Waals surface area (Å²) < 4.78 is 39.1. The summed E-state index contributed by atoms with van der Waals surface area (Å²) in [6, 6.07) is 7.39. The molecule has 7 heteroatoms. The molecule has 0 radical (unpaired) electrons. The summed E-state index contributed by atoms with van der Waals surface area (Å²) in [5.74, 6) is -0.505. The van der Waals surface area contributed by atoms with Crippen LogP contribution in [0.25, 0.3) is 0 Å². The predicted molar refractivity (Wildman–Crippen MR) is 68.4 cm³/mol. The molecule has 2 rings (SSSR count). The van der Waals surface area contributed by atoms with Crippen molar-refractivity contribution in [3.05, 3.63) is 54.4 Å². The molecule has 0 aliphatic heterocycles. The molecule has 1 heterocycles. The van der Waals surface area contributed by atoms with Gasteiger partial charge in [0.25, 0.3) is 5.91 Å². The van der Waals surface area contributed by atoms with E-state index in [-0.39, 0.29) is 18.0 Å². The zero-order valence-corrected chi connectivity index (χ0v) is 10.8. The van der Waals surface area contributed by atoms with Gasteiger partial charge in [0.2, 0.25) is 12.7 Å². The molecule has 0 fully saturated rings. The first-order valence-electron chi connectivity index (χ1n) is 6.00. The number of halogens is 3. The number of nitrogens with one attached hydrogen (secondary N) is 1. The first-order valence-corrected chi connectivity index (χ1v) is 6.00. The predicted octanol–water partition coefficient (Wildman–Crippen LogP) is 2.34. The van der Waals surface area contributed by atoms with E-state index in [0.717, 1.165) is 12.1 Å². The van der Waals surface area contributed by atoms with Gasteiger partial charge in [-0.1, -0.05) is 6.07 Å². The Balaban J connectivity index is 2.06. The summed E-state index contributed by atoms with van der Waals surface area (Å²) in [5, 5.41) is 11.6. The number of alkyl halides is 3. The van der Waals surface area contributed by atoms with Crippen LogP contribution in [0.5, 0.6) is 5.75 Å². The van der Waals surface area contributed by atoms with Gasteiger partial charge in [-0.25, -0.2) is 0 Å². The average molecular weight is 297 g/mol. The Labute approximate surface area is 118 Å². The number of hydrogen-bond acceptors (Lipinski definition) is 2. The molecule has 1 aromatic heterocycles. The monoisotopic (exact) mass is 297 g/mol. The zero-order chi connectivity index (χ0) is 15.5. The van der Waals surface area contributed by atoms with Gasteiger partial charge in [-0.3, -0.25) is 4.79 Å². The quantitative estimate of drug-likeness (QED) is 0.854. The van der Waals surface area contributed by atoms with Crippen LogP contribution in [0.2, 0.25) is 0 Å². The maximum atomic E-state index is 12.6. The summed E-state index contributed by atoms with van der Waals surface area (Å²) in [5.41, 5.74) is -0.763. The van der Waals surface area contributed by atoms with Crippen molar-refractivity contribution in [2.24, 2.45) is 0 Å². The minimum absolute atomic E-state index is 0.00984. The van der Waals surface area contributed by atoms with E-state index in [4.69, 9.17) is 0 Å². The van der Waals surface area contributed by atoms with Gasteiger partial charge in [-0.05, 0) is 24.3 Å². The number of anilines is 1. The van der Waals surface area contributed by atoms with E-state index < -0.39 is 17.6 Å². The van der Waals surface area contributed by atoms with Gasteiger partial charge < -0.3 is 10.4 Å². The maximum absolute atomic E-state index is 12.6. The van der Waals surface area contributed by atoms with Crippen molar-refractivity contribution in [2.45, 2.75) is 12.7 Å². The molecule has 2 aromatic rings. The first kappa shape index (κ1) is 14.8. The zero-order valence-electron chi connectivity index (χ0n) is 10.8. The van der Waals surface area contributed by atoms with Gasteiger partial charge in [0.05, 0.1) is 5.56 Å². The number of carbonyl (C=O) groups is 1. The van der Waals surface area contributed by atoms with Crippen molar-refractivity contribution in [1.82, 2.24) is 0 Å². The van der Waals surface area contributed by atoms with Gasteiger partial charge in [0.15, 0.2) is 11.9 Å². The molecule has 0 aliphatic carbocycles. The van der Waals surface area contributed by atoms with Crippen molar-refractivity contribution in [2.75, 3.05) is 5.32 Å². The SMILES string of the molecule is O=C(C[n+]1cccc(O)c1)Nc1cccc(C(F)(F)F)c1. The molecular weight excluding hydrogens is 285 g/mol. The number of hydrogen-bond donors (Lipinski definition) is 2. The summed E-state index contributed by atoms with van der Waals surface area (Å²) in [6.07, 6.45) is -1.56. The summed E-state index contributed by atoms with van der Waals surface area (Å²) in [4.78, 5) is 11.8. The number of nitrogens with zero attached hydrogens (tertiary/aromatic N) is 1. The Morgan fingerprint density at radius 1 is 1.24 bits per heavy atom. The van der Waals surface area contributed by atoms with Crippen molar-refractivity contribution in [1.29, 1.82) is 0 Å². The lowest BCUT2D eigenvalue weighted by Gasteiger charge is -2.09. The number of rotatable bonds is 3. The topological polar surface area (TPSA) is 53.2 Å². The molecule has 1 amide bonds. The molecule has 0 unspecified atom stereocenters. The Hall–Kier alpha value is -2.57. The summed E-state index contributed by atoms with van der Waals surface area (Å²) in [7, 11) is 0. The van der Waals surface area contributed by atoms with E-state index in [1.807, 2.05) is 0 Å². The van der Waals surface area contributed by atoms with E-state index in [2.05, 4.69) is 5.32 Å². The fourth-order valence-electron chi connectivity index (χ4n) is 1.75. The number of carbonyl (C=O) groups excluding carboxylic acids is 1. The highest BCUT2D eigenvalue weighted by Crippen LogP contribution is 2.30. The molecule has 21 heavy (non-hydrogen) atoms. The summed E-state index contributed by atoms with van der Waals surface area (Å²) >= 11 is 0. The van der Waals surface area contributed by atoms with Gasteiger partial charge in [-0.15, -0.1) is 0 Å². The second kappa shape index (κ2) is 5.82. The second-order valence-corrected chi connectivity index (χ2v) is 4.36. The summed E-state index contributed by atoms with van der Waals surface area (Å²) in [6.45, 7) is -0.120. The standard InChI is InChI=1S/C14H11F3N2O2/c15-14(16,17)10-3-1-4-11(7-10)18-13(21)9-19-6-2-5-12(20)8-19/h1-8H,9H2,(H-,18,20,21)/p+1. The van der Waals surface area contributed by atoms with Crippen LogP contribution < -0.4 is 9.88 Å². The van der Waals surface area contributed by atoms with Gasteiger partial charge >= 0.3 is 6.18 Å². The molecule has 0 saturated carbocycles. The van der Waals surface area contributed by atoms with Crippen molar-refractivity contribution < 1.29 is 27.6 Å². The number of amides is 1. The number of aromatic hydroxyl groups is 1. The van der Waals surface area contributed by atoms with Crippen LogP contribution in [0.3, 0.4) is 0 Å². The molecule has 1 aromatic carbocycles. The Morgan fingerprint density at radius 3 is 2.67 bits per heavy atom. The van der Waals surface area contributed by atoms with Gasteiger partial charge in [0, 0.05) is 11.8 Å². The number of aromatic nitrogens is 1. The Bertz CT molecular complexity index is 657. The van der Waals surface area contributed by atoms with Crippen molar-refractivity contribution in [3.63, 3.8) is 0 Å². The van der Waals surface area contributed by atoms with Crippen LogP contribution in [0.1, 0.15) is 5.56 Å². The molecule has 0 aliphatic rings. The van der Waals surface area contributed by atoms with Gasteiger partial charge in [-0.2, -0.15) is 17.7 Å². The van der Waals surface area contributed by atoms with Crippen molar-refractivity contribution in [3.8, 4) is 5.75 Å². The highest BCUT2D eigenvalue weighted by Gasteiger charge is 2.30. The molecule has 0 atom stereocenters. The lowest BCUT2D eigenvalue weighted by Crippen LogP contribution is -2.39. The third-order valence-electron chi connectivity index (χ3n) is 2.64. The largest absolute Gasteiger partial charge is 0.503 e. The van der Waals surface area contributed by atoms with Crippen LogP contribution in [-0.4, -0.2) is 11.0 Å². The second-order valence-electron chi connectivity index (χ2n) is 4.36. The molecule has 110 valence electrons. The van der Waals surface area contributed by atoms with E-state index in [9.17, 15) is 23.1 Å². The fourth-order valence-corrected chi connectivity index (χ4v) is 1.75. The average Bonchev–Trinajstić information content (AvgIpc) is 2.37. The first-order chi connectivity index (χ1) is 9.84. The van der Waals surface area contributed by atoms with Crippen molar-refractivity contribution >= 4 is 11.6 Å². The maximum Gasteiger partial charge on any atom is 0.416 e. The van der Waals surface area contributed by atoms with E-state index in [0.29, 0.717) is 0 Å². The van der Waals surface area contributed by atoms with Crippen LogP contribution in [0.15, 0.2) is 48.8 Å². The molecule has 2 N–H and O–H groups in total. The van der Waals surface area contributed by atoms with Crippen LogP contribution in [-0.2, 0) is 17.5 Å². The Kier molecular flexibility index (Phi) is 4.11. The molecule has 0 spiro atoms. The molecular formula is C14H12F3N2O2+. The lowest BCUT2D eigenvalue weighted by atomic mass is 10.2. The third-order valence-corrected chi connectivity index (χ3v) is 2.64. The lowest BCUT2D eigenvalue weighted by molar-refractivity contribution is -0.684. The van der Waals surface area contributed by atoms with E-state index in [1.165, 1.54) is 29.0 Å². The molecule has 0 bridgehead atoms. The minimum atomic E-state index is -4.46. The fraction of sp³-hybridized carbons (Fsp3) is 0.143.